The molecule has 0 aliphatic carbocycles. The van der Waals surface area contributed by atoms with Crippen molar-refractivity contribution in [1.29, 1.82) is 0 Å². The van der Waals surface area contributed by atoms with E-state index >= 15 is 0 Å². The molecule has 1 aromatic heterocycles. The number of halogens is 2. The quantitative estimate of drug-likeness (QED) is 0.849. The Kier molecular flexibility index (Phi) is 3.97. The van der Waals surface area contributed by atoms with Gasteiger partial charge in [0, 0.05) is 12.4 Å². The molecule has 1 atom stereocenters. The molecule has 0 fully saturated rings. The van der Waals surface area contributed by atoms with Crippen molar-refractivity contribution in [2.24, 2.45) is 0 Å². The molecule has 1 N–H and O–H groups in total. The minimum Gasteiger partial charge on any atom is -0.393 e. The highest BCUT2D eigenvalue weighted by Gasteiger charge is 2.06. The Bertz CT molecular complexity index is 269. The van der Waals surface area contributed by atoms with Crippen LogP contribution in [-0.4, -0.2) is 16.2 Å². The summed E-state index contributed by atoms with van der Waals surface area (Å²) in [5.74, 6) is 0. The van der Waals surface area contributed by atoms with E-state index in [1.165, 1.54) is 0 Å². The predicted octanol–water partition coefficient (Wildman–Crippen LogP) is 2.70. The summed E-state index contributed by atoms with van der Waals surface area (Å²) in [4.78, 5) is 3.85. The molecule has 1 aromatic rings. The summed E-state index contributed by atoms with van der Waals surface area (Å²) in [5, 5.41) is 10.2. The highest BCUT2D eigenvalue weighted by molar-refractivity contribution is 6.35. The van der Waals surface area contributed by atoms with E-state index in [2.05, 4.69) is 4.98 Å². The first-order valence-corrected chi connectivity index (χ1v) is 4.82. The molecule has 72 valence electrons. The van der Waals surface area contributed by atoms with E-state index in [1.807, 2.05) is 0 Å². The Labute approximate surface area is 87.5 Å². The number of rotatable bonds is 3. The summed E-state index contributed by atoms with van der Waals surface area (Å²) in [6.07, 6.45) is 4.12. The first-order chi connectivity index (χ1) is 6.11. The van der Waals surface area contributed by atoms with Crippen molar-refractivity contribution in [3.05, 3.63) is 28.0 Å². The van der Waals surface area contributed by atoms with Gasteiger partial charge in [0.15, 0.2) is 0 Å². The molecule has 0 spiro atoms. The van der Waals surface area contributed by atoms with Crippen LogP contribution in [-0.2, 0) is 6.42 Å². The Morgan fingerprint density at radius 1 is 1.38 bits per heavy atom. The molecular formula is C9H11Cl2NO. The zero-order chi connectivity index (χ0) is 9.84. The standard InChI is InChI=1S/C9H11Cl2NO/c1-6(13)2-3-7-8(10)4-12-5-9(7)11/h4-6,13H,2-3H2,1H3/t6-/m1/s1. The molecule has 0 radical (unpaired) electrons. The third kappa shape index (κ3) is 3.14. The van der Waals surface area contributed by atoms with Gasteiger partial charge in [-0.3, -0.25) is 4.98 Å². The average Bonchev–Trinajstić information content (AvgIpc) is 2.03. The number of hydrogen-bond acceptors (Lipinski definition) is 2. The molecule has 0 amide bonds. The van der Waals surface area contributed by atoms with Crippen LogP contribution in [0.25, 0.3) is 0 Å². The number of pyridine rings is 1. The van der Waals surface area contributed by atoms with Crippen molar-refractivity contribution in [3.63, 3.8) is 0 Å². The van der Waals surface area contributed by atoms with Crippen LogP contribution in [0.2, 0.25) is 10.0 Å². The lowest BCUT2D eigenvalue weighted by molar-refractivity contribution is 0.185. The second-order valence-electron chi connectivity index (χ2n) is 2.97. The van der Waals surface area contributed by atoms with Gasteiger partial charge in [-0.05, 0) is 25.3 Å². The van der Waals surface area contributed by atoms with Gasteiger partial charge in [-0.2, -0.15) is 0 Å². The number of nitrogens with zero attached hydrogens (tertiary/aromatic N) is 1. The van der Waals surface area contributed by atoms with Crippen LogP contribution in [0, 0.1) is 0 Å². The van der Waals surface area contributed by atoms with Crippen molar-refractivity contribution in [2.45, 2.75) is 25.9 Å². The highest BCUT2D eigenvalue weighted by atomic mass is 35.5. The van der Waals surface area contributed by atoms with Gasteiger partial charge in [0.2, 0.25) is 0 Å². The Morgan fingerprint density at radius 3 is 2.38 bits per heavy atom. The first kappa shape index (κ1) is 10.8. The first-order valence-electron chi connectivity index (χ1n) is 4.07. The molecule has 1 heterocycles. The molecule has 13 heavy (non-hydrogen) atoms. The maximum absolute atomic E-state index is 9.09. The van der Waals surface area contributed by atoms with Crippen LogP contribution in [0.4, 0.5) is 0 Å². The molecular weight excluding hydrogens is 209 g/mol. The fourth-order valence-corrected chi connectivity index (χ4v) is 1.58. The van der Waals surface area contributed by atoms with Crippen LogP contribution in [0.1, 0.15) is 18.9 Å². The topological polar surface area (TPSA) is 33.1 Å². The zero-order valence-corrected chi connectivity index (χ0v) is 8.81. The summed E-state index contributed by atoms with van der Waals surface area (Å²) in [6.45, 7) is 1.74. The summed E-state index contributed by atoms with van der Waals surface area (Å²) >= 11 is 11.8. The van der Waals surface area contributed by atoms with Crippen LogP contribution < -0.4 is 0 Å². The largest absolute Gasteiger partial charge is 0.393 e. The van der Waals surface area contributed by atoms with Crippen LogP contribution >= 0.6 is 23.2 Å². The van der Waals surface area contributed by atoms with Crippen molar-refractivity contribution in [1.82, 2.24) is 4.98 Å². The number of aliphatic hydroxyl groups excluding tert-OH is 1. The lowest BCUT2D eigenvalue weighted by atomic mass is 10.1. The number of aliphatic hydroxyl groups is 1. The van der Waals surface area contributed by atoms with Crippen LogP contribution in [0.5, 0.6) is 0 Å². The zero-order valence-electron chi connectivity index (χ0n) is 7.30. The normalized spacial score (nSPS) is 12.9. The second-order valence-corrected chi connectivity index (χ2v) is 3.78. The monoisotopic (exact) mass is 219 g/mol. The van der Waals surface area contributed by atoms with E-state index in [4.69, 9.17) is 28.3 Å². The van der Waals surface area contributed by atoms with Gasteiger partial charge < -0.3 is 5.11 Å². The maximum Gasteiger partial charge on any atom is 0.0636 e. The third-order valence-electron chi connectivity index (χ3n) is 1.76. The van der Waals surface area contributed by atoms with Crippen molar-refractivity contribution in [3.8, 4) is 0 Å². The van der Waals surface area contributed by atoms with E-state index in [9.17, 15) is 0 Å². The van der Waals surface area contributed by atoms with Gasteiger partial charge in [-0.15, -0.1) is 0 Å². The molecule has 0 aliphatic rings. The van der Waals surface area contributed by atoms with Gasteiger partial charge in [0.1, 0.15) is 0 Å². The third-order valence-corrected chi connectivity index (χ3v) is 2.42. The fraction of sp³-hybridized carbons (Fsp3) is 0.444. The second kappa shape index (κ2) is 4.80. The Balaban J connectivity index is 2.75. The molecule has 1 rings (SSSR count). The maximum atomic E-state index is 9.09. The minimum atomic E-state index is -0.333. The molecule has 0 saturated carbocycles. The van der Waals surface area contributed by atoms with Crippen molar-refractivity contribution < 1.29 is 5.11 Å². The molecule has 2 nitrogen and oxygen atoms in total. The smallest absolute Gasteiger partial charge is 0.0636 e. The predicted molar refractivity (Wildman–Crippen MR) is 54.3 cm³/mol. The number of hydrogen-bond donors (Lipinski definition) is 1. The lowest BCUT2D eigenvalue weighted by Crippen LogP contribution is -2.02. The molecule has 0 aliphatic heterocycles. The summed E-state index contributed by atoms with van der Waals surface area (Å²) in [7, 11) is 0. The van der Waals surface area contributed by atoms with Gasteiger partial charge in [0.05, 0.1) is 16.1 Å². The Hall–Kier alpha value is -0.310. The summed E-state index contributed by atoms with van der Waals surface area (Å²) in [5.41, 5.74) is 0.860. The molecule has 0 saturated heterocycles. The lowest BCUT2D eigenvalue weighted by Gasteiger charge is -2.07. The van der Waals surface area contributed by atoms with Crippen molar-refractivity contribution in [2.75, 3.05) is 0 Å². The van der Waals surface area contributed by atoms with Gasteiger partial charge in [-0.25, -0.2) is 0 Å². The summed E-state index contributed by atoms with van der Waals surface area (Å²) < 4.78 is 0. The van der Waals surface area contributed by atoms with E-state index in [-0.39, 0.29) is 6.10 Å². The van der Waals surface area contributed by atoms with Crippen molar-refractivity contribution >= 4 is 23.2 Å². The van der Waals surface area contributed by atoms with E-state index in [0.29, 0.717) is 22.9 Å². The Morgan fingerprint density at radius 2 is 1.92 bits per heavy atom. The van der Waals surface area contributed by atoms with Gasteiger partial charge in [0.25, 0.3) is 0 Å². The van der Waals surface area contributed by atoms with Gasteiger partial charge >= 0.3 is 0 Å². The minimum absolute atomic E-state index is 0.333. The van der Waals surface area contributed by atoms with E-state index in [1.54, 1.807) is 19.3 Å². The molecule has 0 aromatic carbocycles. The molecule has 4 heteroatoms. The average molecular weight is 220 g/mol. The summed E-state index contributed by atoms with van der Waals surface area (Å²) in [6, 6.07) is 0. The highest BCUT2D eigenvalue weighted by Crippen LogP contribution is 2.24. The SMILES string of the molecule is C[C@@H](O)CCc1c(Cl)cncc1Cl. The van der Waals surface area contributed by atoms with Gasteiger partial charge in [-0.1, -0.05) is 23.2 Å². The van der Waals surface area contributed by atoms with E-state index < -0.39 is 0 Å². The fourth-order valence-electron chi connectivity index (χ4n) is 1.03. The molecule has 0 bridgehead atoms. The van der Waals surface area contributed by atoms with Crippen LogP contribution in [0.3, 0.4) is 0 Å². The molecule has 0 unspecified atom stereocenters. The van der Waals surface area contributed by atoms with E-state index in [0.717, 1.165) is 5.56 Å². The number of aromatic nitrogens is 1. The van der Waals surface area contributed by atoms with Crippen LogP contribution in [0.15, 0.2) is 12.4 Å².